The maximum atomic E-state index is 12.3. The molecule has 0 radical (unpaired) electrons. The van der Waals surface area contributed by atoms with E-state index in [0.717, 1.165) is 5.56 Å². The number of nitrogens with one attached hydrogen (secondary N) is 1. The van der Waals surface area contributed by atoms with E-state index in [1.54, 1.807) is 43.5 Å². The fourth-order valence-electron chi connectivity index (χ4n) is 2.18. The van der Waals surface area contributed by atoms with Crippen molar-refractivity contribution in [1.82, 2.24) is 0 Å². The van der Waals surface area contributed by atoms with Crippen LogP contribution in [-0.2, 0) is 9.53 Å². The summed E-state index contributed by atoms with van der Waals surface area (Å²) in [6, 6.07) is 12.0. The van der Waals surface area contributed by atoms with Crippen LogP contribution in [0.1, 0.15) is 22.8 Å². The van der Waals surface area contributed by atoms with Crippen LogP contribution in [0.15, 0.2) is 42.5 Å². The summed E-state index contributed by atoms with van der Waals surface area (Å²) < 4.78 is 15.5. The van der Waals surface area contributed by atoms with E-state index in [1.165, 1.54) is 14.0 Å². The van der Waals surface area contributed by atoms with Gasteiger partial charge in [0.25, 0.3) is 5.91 Å². The number of anilines is 1. The highest BCUT2D eigenvalue weighted by Gasteiger charge is 2.21. The molecule has 0 saturated carbocycles. The van der Waals surface area contributed by atoms with Crippen molar-refractivity contribution in [2.75, 3.05) is 19.5 Å². The number of rotatable bonds is 6. The first-order valence-electron chi connectivity index (χ1n) is 7.75. The molecule has 0 heterocycles. The zero-order valence-electron chi connectivity index (χ0n) is 14.7. The quantitative estimate of drug-likeness (QED) is 0.816. The fraction of sp³-hybridized carbons (Fsp3) is 0.263. The van der Waals surface area contributed by atoms with E-state index >= 15 is 0 Å². The molecule has 6 nitrogen and oxygen atoms in total. The molecule has 0 aliphatic rings. The van der Waals surface area contributed by atoms with Crippen molar-refractivity contribution in [3.05, 3.63) is 53.6 Å². The van der Waals surface area contributed by atoms with Crippen LogP contribution in [0.3, 0.4) is 0 Å². The zero-order valence-corrected chi connectivity index (χ0v) is 14.7. The molecule has 0 spiro atoms. The van der Waals surface area contributed by atoms with Crippen LogP contribution >= 0.6 is 0 Å². The Kier molecular flexibility index (Phi) is 6.00. The normalized spacial score (nSPS) is 11.4. The van der Waals surface area contributed by atoms with E-state index in [-0.39, 0.29) is 5.56 Å². The van der Waals surface area contributed by atoms with E-state index in [9.17, 15) is 9.59 Å². The number of methoxy groups -OCH3 is 2. The third kappa shape index (κ3) is 4.73. The fourth-order valence-corrected chi connectivity index (χ4v) is 2.18. The predicted molar refractivity (Wildman–Crippen MR) is 94.2 cm³/mol. The molecule has 0 aromatic heterocycles. The summed E-state index contributed by atoms with van der Waals surface area (Å²) in [5.41, 5.74) is 1.76. The molecule has 2 rings (SSSR count). The smallest absolute Gasteiger partial charge is 0.342 e. The molecular weight excluding hydrogens is 322 g/mol. The molecule has 0 fully saturated rings. The molecule has 2 aromatic rings. The van der Waals surface area contributed by atoms with Crippen LogP contribution in [0, 0.1) is 6.92 Å². The summed E-state index contributed by atoms with van der Waals surface area (Å²) in [4.78, 5) is 24.5. The van der Waals surface area contributed by atoms with Crippen LogP contribution in [-0.4, -0.2) is 32.2 Å². The highest BCUT2D eigenvalue weighted by molar-refractivity contribution is 5.98. The third-order valence-electron chi connectivity index (χ3n) is 3.59. The van der Waals surface area contributed by atoms with E-state index in [2.05, 4.69) is 5.32 Å². The minimum absolute atomic E-state index is 0.284. The predicted octanol–water partition coefficient (Wildman–Crippen LogP) is 3.20. The number of amides is 1. The van der Waals surface area contributed by atoms with Crippen molar-refractivity contribution in [2.24, 2.45) is 0 Å². The molecule has 25 heavy (non-hydrogen) atoms. The van der Waals surface area contributed by atoms with Gasteiger partial charge in [0.1, 0.15) is 17.1 Å². The zero-order chi connectivity index (χ0) is 18.4. The second-order valence-electron chi connectivity index (χ2n) is 5.47. The molecule has 1 N–H and O–H groups in total. The Morgan fingerprint density at radius 1 is 1.00 bits per heavy atom. The first kappa shape index (κ1) is 18.3. The Morgan fingerprint density at radius 2 is 1.68 bits per heavy atom. The lowest BCUT2D eigenvalue weighted by Crippen LogP contribution is -2.30. The van der Waals surface area contributed by atoms with Gasteiger partial charge in [-0.3, -0.25) is 4.79 Å². The topological polar surface area (TPSA) is 73.9 Å². The first-order valence-corrected chi connectivity index (χ1v) is 7.75. The van der Waals surface area contributed by atoms with Crippen LogP contribution in [0.4, 0.5) is 5.69 Å². The van der Waals surface area contributed by atoms with Gasteiger partial charge >= 0.3 is 5.97 Å². The molecule has 1 amide bonds. The standard InChI is InChI=1S/C19H21NO5/c1-12-5-10-17(24-4)16(11-12)19(22)25-13(2)18(21)20-14-6-8-15(23-3)9-7-14/h5-11,13H,1-4H3,(H,20,21)/t13-/m1/s1. The van der Waals surface area contributed by atoms with Crippen molar-refractivity contribution in [1.29, 1.82) is 0 Å². The minimum Gasteiger partial charge on any atom is -0.497 e. The monoisotopic (exact) mass is 343 g/mol. The Morgan fingerprint density at radius 3 is 2.28 bits per heavy atom. The van der Waals surface area contributed by atoms with Crippen molar-refractivity contribution in [3.8, 4) is 11.5 Å². The van der Waals surface area contributed by atoms with Crippen LogP contribution in [0.5, 0.6) is 11.5 Å². The number of hydrogen-bond acceptors (Lipinski definition) is 5. The molecule has 1 atom stereocenters. The average Bonchev–Trinajstić information content (AvgIpc) is 2.62. The van der Waals surface area contributed by atoms with E-state index in [4.69, 9.17) is 14.2 Å². The lowest BCUT2D eigenvalue weighted by atomic mass is 10.1. The summed E-state index contributed by atoms with van der Waals surface area (Å²) in [6.07, 6.45) is -0.958. The third-order valence-corrected chi connectivity index (χ3v) is 3.59. The maximum Gasteiger partial charge on any atom is 0.342 e. The van der Waals surface area contributed by atoms with E-state index in [0.29, 0.717) is 17.2 Å². The number of hydrogen-bond donors (Lipinski definition) is 1. The van der Waals surface area contributed by atoms with Gasteiger partial charge in [0, 0.05) is 5.69 Å². The van der Waals surface area contributed by atoms with Gasteiger partial charge in [-0.1, -0.05) is 11.6 Å². The molecule has 0 bridgehead atoms. The van der Waals surface area contributed by atoms with Crippen molar-refractivity contribution in [3.63, 3.8) is 0 Å². The number of aryl methyl sites for hydroxylation is 1. The lowest BCUT2D eigenvalue weighted by molar-refractivity contribution is -0.123. The van der Waals surface area contributed by atoms with Gasteiger partial charge in [-0.2, -0.15) is 0 Å². The molecule has 0 unspecified atom stereocenters. The van der Waals surface area contributed by atoms with Crippen molar-refractivity contribution in [2.45, 2.75) is 20.0 Å². The number of ether oxygens (including phenoxy) is 3. The molecule has 6 heteroatoms. The van der Waals surface area contributed by atoms with Crippen LogP contribution < -0.4 is 14.8 Å². The Bertz CT molecular complexity index is 755. The summed E-state index contributed by atoms with van der Waals surface area (Å²) in [6.45, 7) is 3.37. The first-order chi connectivity index (χ1) is 11.9. The van der Waals surface area contributed by atoms with Crippen LogP contribution in [0.25, 0.3) is 0 Å². The summed E-state index contributed by atoms with van der Waals surface area (Å²) >= 11 is 0. The number of benzene rings is 2. The van der Waals surface area contributed by atoms with Gasteiger partial charge in [-0.05, 0) is 50.2 Å². The largest absolute Gasteiger partial charge is 0.497 e. The van der Waals surface area contributed by atoms with Crippen molar-refractivity contribution < 1.29 is 23.8 Å². The van der Waals surface area contributed by atoms with Gasteiger partial charge in [-0.15, -0.1) is 0 Å². The van der Waals surface area contributed by atoms with Gasteiger partial charge in [0.2, 0.25) is 0 Å². The second-order valence-corrected chi connectivity index (χ2v) is 5.47. The molecule has 0 aliphatic heterocycles. The Balaban J connectivity index is 2.02. The summed E-state index contributed by atoms with van der Waals surface area (Å²) in [7, 11) is 3.04. The Hall–Kier alpha value is -3.02. The van der Waals surface area contributed by atoms with Gasteiger partial charge in [0.05, 0.1) is 14.2 Å². The molecule has 0 aliphatic carbocycles. The number of carbonyl (C=O) groups is 2. The second kappa shape index (κ2) is 8.19. The molecule has 132 valence electrons. The van der Waals surface area contributed by atoms with Gasteiger partial charge in [0.15, 0.2) is 6.10 Å². The minimum atomic E-state index is -0.958. The van der Waals surface area contributed by atoms with Crippen LogP contribution in [0.2, 0.25) is 0 Å². The SMILES string of the molecule is COc1ccc(NC(=O)[C@@H](C)OC(=O)c2cc(C)ccc2OC)cc1. The molecule has 2 aromatic carbocycles. The summed E-state index contributed by atoms with van der Waals surface area (Å²) in [5.74, 6) is 0.0467. The lowest BCUT2D eigenvalue weighted by Gasteiger charge is -2.15. The van der Waals surface area contributed by atoms with Crippen molar-refractivity contribution >= 4 is 17.6 Å². The maximum absolute atomic E-state index is 12.3. The average molecular weight is 343 g/mol. The van der Waals surface area contributed by atoms with E-state index in [1.807, 2.05) is 13.0 Å². The highest BCUT2D eigenvalue weighted by atomic mass is 16.5. The molecular formula is C19H21NO5. The van der Waals surface area contributed by atoms with Gasteiger partial charge < -0.3 is 19.5 Å². The van der Waals surface area contributed by atoms with E-state index < -0.39 is 18.0 Å². The number of carbonyl (C=O) groups excluding carboxylic acids is 2. The number of esters is 1. The summed E-state index contributed by atoms with van der Waals surface area (Å²) in [5, 5.41) is 2.69. The highest BCUT2D eigenvalue weighted by Crippen LogP contribution is 2.21. The molecule has 0 saturated heterocycles. The Labute approximate surface area is 146 Å². The van der Waals surface area contributed by atoms with Gasteiger partial charge in [-0.25, -0.2) is 4.79 Å².